The average molecular weight is 281 g/mol. The molecule has 0 aliphatic heterocycles. The van der Waals surface area contributed by atoms with Gasteiger partial charge in [-0.05, 0) is 31.4 Å². The summed E-state index contributed by atoms with van der Waals surface area (Å²) in [6.45, 7) is 6.65. The first-order chi connectivity index (χ1) is 10.2. The molecular formula is C20H27N. The zero-order valence-corrected chi connectivity index (χ0v) is 13.5. The molecule has 0 saturated carbocycles. The lowest BCUT2D eigenvalue weighted by atomic mass is 9.98. The smallest absolute Gasteiger partial charge is 0.0325 e. The van der Waals surface area contributed by atoms with Gasteiger partial charge in [0.15, 0.2) is 0 Å². The Morgan fingerprint density at radius 1 is 0.905 bits per heavy atom. The van der Waals surface area contributed by atoms with Crippen LogP contribution in [0.1, 0.15) is 61.9 Å². The van der Waals surface area contributed by atoms with E-state index in [2.05, 4.69) is 80.7 Å². The Labute approximate surface area is 129 Å². The van der Waals surface area contributed by atoms with Gasteiger partial charge in [-0.2, -0.15) is 0 Å². The Bertz CT molecular complexity index is 515. The number of nitrogens with one attached hydrogen (secondary N) is 1. The van der Waals surface area contributed by atoms with Crippen molar-refractivity contribution in [3.05, 3.63) is 71.3 Å². The zero-order valence-electron chi connectivity index (χ0n) is 13.5. The molecule has 2 aromatic carbocycles. The Morgan fingerprint density at radius 3 is 2.19 bits per heavy atom. The Balaban J connectivity index is 2.09. The van der Waals surface area contributed by atoms with Gasteiger partial charge in [0.1, 0.15) is 0 Å². The average Bonchev–Trinajstić information content (AvgIpc) is 2.52. The van der Waals surface area contributed by atoms with Crippen molar-refractivity contribution >= 4 is 0 Å². The number of aryl methyl sites for hydroxylation is 1. The maximum absolute atomic E-state index is 3.80. The molecule has 2 aromatic rings. The maximum Gasteiger partial charge on any atom is 0.0325 e. The lowest BCUT2D eigenvalue weighted by molar-refractivity contribution is 0.431. The lowest BCUT2D eigenvalue weighted by Gasteiger charge is -2.24. The van der Waals surface area contributed by atoms with Gasteiger partial charge in [-0.1, -0.05) is 79.9 Å². The van der Waals surface area contributed by atoms with E-state index in [1.807, 2.05) is 0 Å². The van der Waals surface area contributed by atoms with E-state index in [1.165, 1.54) is 36.0 Å². The van der Waals surface area contributed by atoms with E-state index in [1.54, 1.807) is 0 Å². The summed E-state index contributed by atoms with van der Waals surface area (Å²) in [7, 11) is 0. The number of unbranched alkanes of at least 4 members (excludes halogenated alkanes) is 1. The molecule has 0 aliphatic rings. The van der Waals surface area contributed by atoms with Crippen molar-refractivity contribution in [2.24, 2.45) is 0 Å². The summed E-state index contributed by atoms with van der Waals surface area (Å²) in [5, 5.41) is 3.80. The predicted molar refractivity (Wildman–Crippen MR) is 91.4 cm³/mol. The summed E-state index contributed by atoms with van der Waals surface area (Å²) < 4.78 is 0. The summed E-state index contributed by atoms with van der Waals surface area (Å²) in [5.41, 5.74) is 4.07. The third-order valence-electron chi connectivity index (χ3n) is 4.08. The van der Waals surface area contributed by atoms with Gasteiger partial charge in [0.25, 0.3) is 0 Å². The monoisotopic (exact) mass is 281 g/mol. The number of rotatable bonds is 7. The molecule has 1 N–H and O–H groups in total. The van der Waals surface area contributed by atoms with Crippen LogP contribution >= 0.6 is 0 Å². The Kier molecular flexibility index (Phi) is 6.01. The molecule has 0 fully saturated rings. The molecule has 1 unspecified atom stereocenters. The molecule has 0 radical (unpaired) electrons. The van der Waals surface area contributed by atoms with Crippen molar-refractivity contribution in [2.75, 3.05) is 0 Å². The Hall–Kier alpha value is -1.60. The summed E-state index contributed by atoms with van der Waals surface area (Å²) in [5.74, 6) is 0. The molecule has 0 saturated heterocycles. The second-order valence-electron chi connectivity index (χ2n) is 5.90. The van der Waals surface area contributed by atoms with Crippen LogP contribution in [0.4, 0.5) is 0 Å². The van der Waals surface area contributed by atoms with Gasteiger partial charge in [0.2, 0.25) is 0 Å². The number of benzene rings is 2. The van der Waals surface area contributed by atoms with Crippen LogP contribution < -0.4 is 5.32 Å². The van der Waals surface area contributed by atoms with Crippen LogP contribution in [-0.4, -0.2) is 0 Å². The highest BCUT2D eigenvalue weighted by Crippen LogP contribution is 2.24. The molecule has 2 atom stereocenters. The van der Waals surface area contributed by atoms with Gasteiger partial charge >= 0.3 is 0 Å². The van der Waals surface area contributed by atoms with Crippen molar-refractivity contribution in [3.63, 3.8) is 0 Å². The molecule has 0 aromatic heterocycles. The van der Waals surface area contributed by atoms with Crippen LogP contribution in [0.15, 0.2) is 54.6 Å². The van der Waals surface area contributed by atoms with Gasteiger partial charge in [-0.15, -0.1) is 0 Å². The molecule has 0 spiro atoms. The van der Waals surface area contributed by atoms with E-state index < -0.39 is 0 Å². The molecule has 1 nitrogen and oxygen atoms in total. The highest BCUT2D eigenvalue weighted by molar-refractivity contribution is 5.25. The van der Waals surface area contributed by atoms with Crippen LogP contribution in [0.2, 0.25) is 0 Å². The van der Waals surface area contributed by atoms with Gasteiger partial charge in [0, 0.05) is 12.1 Å². The summed E-state index contributed by atoms with van der Waals surface area (Å²) in [6, 6.07) is 20.5. The normalized spacial score (nSPS) is 13.9. The van der Waals surface area contributed by atoms with Crippen LogP contribution in [0.25, 0.3) is 0 Å². The first-order valence-corrected chi connectivity index (χ1v) is 8.08. The van der Waals surface area contributed by atoms with E-state index >= 15 is 0 Å². The Morgan fingerprint density at radius 2 is 1.57 bits per heavy atom. The van der Waals surface area contributed by atoms with E-state index in [-0.39, 0.29) is 0 Å². The second-order valence-corrected chi connectivity index (χ2v) is 5.90. The first-order valence-electron chi connectivity index (χ1n) is 8.08. The molecule has 0 heterocycles. The van der Waals surface area contributed by atoms with Crippen molar-refractivity contribution in [1.82, 2.24) is 5.32 Å². The molecule has 0 aliphatic carbocycles. The van der Waals surface area contributed by atoms with Crippen molar-refractivity contribution in [1.29, 1.82) is 0 Å². The van der Waals surface area contributed by atoms with Gasteiger partial charge in [-0.25, -0.2) is 0 Å². The SMILES string of the molecule is CCCCC(N[C@H](C)c1ccc(C)cc1)c1ccccc1. The fourth-order valence-corrected chi connectivity index (χ4v) is 2.69. The fourth-order valence-electron chi connectivity index (χ4n) is 2.69. The van der Waals surface area contributed by atoms with Crippen molar-refractivity contribution < 1.29 is 0 Å². The van der Waals surface area contributed by atoms with Crippen LogP contribution in [-0.2, 0) is 0 Å². The van der Waals surface area contributed by atoms with Crippen LogP contribution in [0.5, 0.6) is 0 Å². The van der Waals surface area contributed by atoms with Crippen LogP contribution in [0.3, 0.4) is 0 Å². The zero-order chi connectivity index (χ0) is 15.1. The quantitative estimate of drug-likeness (QED) is 0.699. The maximum atomic E-state index is 3.80. The van der Waals surface area contributed by atoms with E-state index in [9.17, 15) is 0 Å². The minimum absolute atomic E-state index is 0.368. The number of hydrogen-bond donors (Lipinski definition) is 1. The highest BCUT2D eigenvalue weighted by Gasteiger charge is 2.14. The molecule has 0 amide bonds. The van der Waals surface area contributed by atoms with E-state index in [0.29, 0.717) is 12.1 Å². The van der Waals surface area contributed by atoms with Gasteiger partial charge in [-0.3, -0.25) is 0 Å². The molecule has 112 valence electrons. The minimum atomic E-state index is 0.368. The molecule has 2 rings (SSSR count). The summed E-state index contributed by atoms with van der Waals surface area (Å²) in [4.78, 5) is 0. The molecular weight excluding hydrogens is 254 g/mol. The highest BCUT2D eigenvalue weighted by atomic mass is 14.9. The summed E-state index contributed by atoms with van der Waals surface area (Å²) in [6.07, 6.45) is 3.69. The van der Waals surface area contributed by atoms with Gasteiger partial charge in [0.05, 0.1) is 0 Å². The molecule has 0 bridgehead atoms. The third kappa shape index (κ3) is 4.71. The first kappa shape index (κ1) is 15.8. The second kappa shape index (κ2) is 7.99. The topological polar surface area (TPSA) is 12.0 Å². The standard InChI is InChI=1S/C20H27N/c1-4-5-11-20(19-9-7-6-8-10-19)21-17(3)18-14-12-16(2)13-15-18/h6-10,12-15,17,20-21H,4-5,11H2,1-3H3/t17-,20?/m1/s1. The third-order valence-corrected chi connectivity index (χ3v) is 4.08. The lowest BCUT2D eigenvalue weighted by Crippen LogP contribution is -2.24. The predicted octanol–water partition coefficient (Wildman–Crippen LogP) is 5.58. The fraction of sp³-hybridized carbons (Fsp3) is 0.400. The van der Waals surface area contributed by atoms with Crippen molar-refractivity contribution in [2.45, 2.75) is 52.1 Å². The van der Waals surface area contributed by atoms with E-state index in [4.69, 9.17) is 0 Å². The van der Waals surface area contributed by atoms with Crippen molar-refractivity contribution in [3.8, 4) is 0 Å². The summed E-state index contributed by atoms with van der Waals surface area (Å²) >= 11 is 0. The molecule has 21 heavy (non-hydrogen) atoms. The van der Waals surface area contributed by atoms with Crippen LogP contribution in [0, 0.1) is 6.92 Å². The largest absolute Gasteiger partial charge is 0.303 e. The van der Waals surface area contributed by atoms with E-state index in [0.717, 1.165) is 0 Å². The van der Waals surface area contributed by atoms with Gasteiger partial charge < -0.3 is 5.32 Å². The number of hydrogen-bond acceptors (Lipinski definition) is 1. The molecule has 1 heteroatoms. The minimum Gasteiger partial charge on any atom is -0.303 e.